The monoisotopic (exact) mass is 646 g/mol. The van der Waals surface area contributed by atoms with E-state index in [1.807, 2.05) is 20.8 Å². The van der Waals surface area contributed by atoms with Gasteiger partial charge in [0.25, 0.3) is 5.56 Å². The second-order valence-electron chi connectivity index (χ2n) is 13.2. The van der Waals surface area contributed by atoms with Crippen molar-refractivity contribution < 1.29 is 23.8 Å². The van der Waals surface area contributed by atoms with E-state index in [4.69, 9.17) is 14.2 Å². The van der Waals surface area contributed by atoms with Crippen molar-refractivity contribution >= 4 is 28.1 Å². The summed E-state index contributed by atoms with van der Waals surface area (Å²) in [5, 5.41) is 6.41. The van der Waals surface area contributed by atoms with Crippen molar-refractivity contribution in [1.82, 2.24) is 19.6 Å². The Hall–Kier alpha value is -3.08. The van der Waals surface area contributed by atoms with Gasteiger partial charge in [-0.25, -0.2) is 9.59 Å². The summed E-state index contributed by atoms with van der Waals surface area (Å²) in [6.07, 6.45) is 16.5. The number of carbonyl (C=O) groups is 2. The molecular formula is C31H43BrN4O6. The minimum Gasteiger partial charge on any atom is -0.476 e. The Kier molecular flexibility index (Phi) is 9.90. The quantitative estimate of drug-likeness (QED) is 0.296. The van der Waals surface area contributed by atoms with Crippen molar-refractivity contribution in [1.29, 1.82) is 0 Å². The molecule has 0 aromatic carbocycles. The minimum absolute atomic E-state index is 0.328. The van der Waals surface area contributed by atoms with E-state index in [2.05, 4.69) is 50.4 Å². The van der Waals surface area contributed by atoms with Crippen LogP contribution in [0.1, 0.15) is 67.2 Å². The van der Waals surface area contributed by atoms with E-state index in [9.17, 15) is 14.4 Å². The lowest BCUT2D eigenvalue weighted by Crippen LogP contribution is -2.28. The smallest absolute Gasteiger partial charge is 0.435 e. The molecule has 0 amide bonds. The molecule has 230 valence electrons. The number of allylic oxidation sites excluding steroid dienone is 4. The van der Waals surface area contributed by atoms with Gasteiger partial charge in [-0.2, -0.15) is 9.36 Å². The summed E-state index contributed by atoms with van der Waals surface area (Å²) in [4.78, 5) is 34.6. The number of hydrogen-bond acceptors (Lipinski definition) is 7. The van der Waals surface area contributed by atoms with Crippen LogP contribution in [-0.4, -0.2) is 54.4 Å². The third kappa shape index (κ3) is 8.72. The second-order valence-corrected chi connectivity index (χ2v) is 14.3. The van der Waals surface area contributed by atoms with E-state index in [1.165, 1.54) is 42.6 Å². The number of aromatic nitrogens is 4. The Morgan fingerprint density at radius 3 is 1.81 bits per heavy atom. The zero-order valence-electron chi connectivity index (χ0n) is 25.3. The lowest BCUT2D eigenvalue weighted by molar-refractivity contribution is 0.0501. The molecule has 2 aromatic heterocycles. The molecule has 0 spiro atoms. The highest BCUT2D eigenvalue weighted by atomic mass is 79.9. The zero-order chi connectivity index (χ0) is 30.7. The van der Waals surface area contributed by atoms with E-state index in [1.54, 1.807) is 33.0 Å². The molecule has 4 atom stereocenters. The average molecular weight is 648 g/mol. The normalized spacial score (nSPS) is 26.7. The second kappa shape index (κ2) is 13.1. The third-order valence-electron chi connectivity index (χ3n) is 7.56. The van der Waals surface area contributed by atoms with Crippen LogP contribution in [0.25, 0.3) is 0 Å². The largest absolute Gasteiger partial charge is 0.476 e. The Labute approximate surface area is 255 Å². The molecule has 0 saturated heterocycles. The number of halogens is 1. The number of aromatic amines is 1. The van der Waals surface area contributed by atoms with Crippen LogP contribution in [0.15, 0.2) is 53.6 Å². The van der Waals surface area contributed by atoms with Crippen LogP contribution in [0, 0.1) is 29.6 Å². The number of nitrogens with zero attached hydrogens (tertiary/aromatic N) is 3. The molecule has 2 aromatic rings. The van der Waals surface area contributed by atoms with Gasteiger partial charge in [0.1, 0.15) is 11.2 Å². The van der Waals surface area contributed by atoms with Gasteiger partial charge in [0.2, 0.25) is 5.88 Å². The fourth-order valence-electron chi connectivity index (χ4n) is 5.58. The average Bonchev–Trinajstić information content (AvgIpc) is 3.75. The summed E-state index contributed by atoms with van der Waals surface area (Å²) in [5.41, 5.74) is -1.41. The Morgan fingerprint density at radius 2 is 1.38 bits per heavy atom. The number of rotatable bonds is 3. The Bertz CT molecular complexity index is 1320. The van der Waals surface area contributed by atoms with Crippen molar-refractivity contribution in [3.8, 4) is 5.88 Å². The van der Waals surface area contributed by atoms with Gasteiger partial charge in [0.15, 0.2) is 0 Å². The van der Waals surface area contributed by atoms with Crippen LogP contribution in [0.3, 0.4) is 0 Å². The van der Waals surface area contributed by atoms with Crippen LogP contribution in [0.2, 0.25) is 0 Å². The molecule has 4 aliphatic carbocycles. The van der Waals surface area contributed by atoms with Crippen LogP contribution in [0.4, 0.5) is 9.59 Å². The highest BCUT2D eigenvalue weighted by molar-refractivity contribution is 9.09. The lowest BCUT2D eigenvalue weighted by Gasteiger charge is -2.18. The molecule has 2 saturated carbocycles. The molecule has 0 aliphatic heterocycles. The summed E-state index contributed by atoms with van der Waals surface area (Å²) in [5.74, 6) is 4.11. The number of hydrogen-bond donors (Lipinski definition) is 1. The maximum absolute atomic E-state index is 11.9. The van der Waals surface area contributed by atoms with Gasteiger partial charge in [0, 0.05) is 35.3 Å². The fourth-order valence-corrected chi connectivity index (χ4v) is 6.46. The standard InChI is InChI=1S/C16H22N2O3.C8H12N2O3.C7H9Br/c1-16(2,3)21-15(19)18-9-8-14(17-18)20-10-13-11-4-5-12(13)7-6-11;1-8(2,3)13-7(12)10-5-4-6(11)9-10;8-7-5-1-2-6(7)4-3-5/h4-5,8-9,11-13H,6-7,10H2,1-3H3;4-5H,1-3H3,(H,9,11);1-2,5-7H,3-4H2. The Morgan fingerprint density at radius 1 is 0.857 bits per heavy atom. The van der Waals surface area contributed by atoms with E-state index in [0.717, 1.165) is 21.3 Å². The first-order chi connectivity index (χ1) is 19.7. The first-order valence-corrected chi connectivity index (χ1v) is 15.5. The molecule has 4 unspecified atom stereocenters. The van der Waals surface area contributed by atoms with E-state index in [0.29, 0.717) is 30.2 Å². The molecule has 4 bridgehead atoms. The van der Waals surface area contributed by atoms with Crippen LogP contribution >= 0.6 is 15.9 Å². The fraction of sp³-hybridized carbons (Fsp3) is 0.613. The van der Waals surface area contributed by atoms with Crippen molar-refractivity contribution in [3.63, 3.8) is 0 Å². The van der Waals surface area contributed by atoms with Crippen LogP contribution in [-0.2, 0) is 9.47 Å². The molecule has 11 heteroatoms. The number of H-pyrrole nitrogens is 1. The minimum atomic E-state index is -0.588. The highest BCUT2D eigenvalue weighted by Crippen LogP contribution is 2.44. The maximum atomic E-state index is 11.9. The third-order valence-corrected chi connectivity index (χ3v) is 8.92. The first-order valence-electron chi connectivity index (χ1n) is 14.6. The number of ether oxygens (including phenoxy) is 3. The van der Waals surface area contributed by atoms with Gasteiger partial charge in [-0.1, -0.05) is 40.2 Å². The summed E-state index contributed by atoms with van der Waals surface area (Å²) < 4.78 is 18.2. The summed E-state index contributed by atoms with van der Waals surface area (Å²) >= 11 is 3.67. The molecule has 42 heavy (non-hydrogen) atoms. The summed E-state index contributed by atoms with van der Waals surface area (Å²) in [6.45, 7) is 11.4. The molecule has 10 nitrogen and oxygen atoms in total. The van der Waals surface area contributed by atoms with Crippen molar-refractivity contribution in [3.05, 3.63) is 59.2 Å². The van der Waals surface area contributed by atoms with Gasteiger partial charge < -0.3 is 14.2 Å². The zero-order valence-corrected chi connectivity index (χ0v) is 26.9. The number of carbonyl (C=O) groups excluding carboxylic acids is 2. The number of alkyl halides is 1. The van der Waals surface area contributed by atoms with Crippen molar-refractivity contribution in [2.75, 3.05) is 6.61 Å². The van der Waals surface area contributed by atoms with Gasteiger partial charge in [-0.3, -0.25) is 9.89 Å². The number of nitrogens with one attached hydrogen (secondary N) is 1. The van der Waals surface area contributed by atoms with E-state index < -0.39 is 23.4 Å². The summed E-state index contributed by atoms with van der Waals surface area (Å²) in [6, 6.07) is 2.96. The topological polar surface area (TPSA) is 117 Å². The lowest BCUT2D eigenvalue weighted by atomic mass is 9.98. The SMILES string of the molecule is BrC1C2C=CC1CC2.CC(C)(C)OC(=O)n1ccc(=O)[nH]1.CC(C)(C)OC(=O)n1ccc(OCC2C3C=CC2CC3)n1. The van der Waals surface area contributed by atoms with Crippen molar-refractivity contribution in [2.24, 2.45) is 29.6 Å². The maximum Gasteiger partial charge on any atom is 0.435 e. The molecule has 4 aliphatic rings. The van der Waals surface area contributed by atoms with E-state index >= 15 is 0 Å². The molecule has 0 radical (unpaired) electrons. The first kappa shape index (κ1) is 31.8. The highest BCUT2D eigenvalue weighted by Gasteiger charge is 2.38. The van der Waals surface area contributed by atoms with Crippen molar-refractivity contribution in [2.45, 2.75) is 83.3 Å². The van der Waals surface area contributed by atoms with E-state index in [-0.39, 0.29) is 5.56 Å². The molecular weight excluding hydrogens is 604 g/mol. The van der Waals surface area contributed by atoms with Crippen LogP contribution < -0.4 is 10.3 Å². The molecule has 2 heterocycles. The number of fused-ring (bicyclic) bond motifs is 4. The van der Waals surface area contributed by atoms with Crippen LogP contribution in [0.5, 0.6) is 5.88 Å². The Balaban J connectivity index is 0.000000163. The molecule has 6 rings (SSSR count). The van der Waals surface area contributed by atoms with Gasteiger partial charge in [-0.05, 0) is 90.9 Å². The van der Waals surface area contributed by atoms with Gasteiger partial charge in [-0.15, -0.1) is 5.10 Å². The predicted octanol–water partition coefficient (Wildman–Crippen LogP) is 6.56. The summed E-state index contributed by atoms with van der Waals surface area (Å²) in [7, 11) is 0. The van der Waals surface area contributed by atoms with Gasteiger partial charge >= 0.3 is 12.2 Å². The van der Waals surface area contributed by atoms with Gasteiger partial charge in [0.05, 0.1) is 6.61 Å². The molecule has 2 fully saturated rings. The molecule has 1 N–H and O–H groups in total. The predicted molar refractivity (Wildman–Crippen MR) is 163 cm³/mol.